The second-order valence-electron chi connectivity index (χ2n) is 9.30. The number of carbonyl (C=O) groups is 1. The highest BCUT2D eigenvalue weighted by atomic mass is 35.5. The van der Waals surface area contributed by atoms with Gasteiger partial charge in [-0.15, -0.1) is 0 Å². The van der Waals surface area contributed by atoms with Crippen molar-refractivity contribution >= 4 is 45.2 Å². The number of furan rings is 1. The molecule has 0 spiro atoms. The van der Waals surface area contributed by atoms with Gasteiger partial charge in [0.25, 0.3) is 0 Å². The molecule has 0 unspecified atom stereocenters. The quantitative estimate of drug-likeness (QED) is 0.207. The molecule has 200 valence electrons. The minimum atomic E-state index is -0.717. The number of aliphatic hydroxyl groups is 1. The zero-order valence-corrected chi connectivity index (χ0v) is 21.4. The van der Waals surface area contributed by atoms with Gasteiger partial charge in [0.05, 0.1) is 41.3 Å². The number of ketones is 1. The summed E-state index contributed by atoms with van der Waals surface area (Å²) < 4.78 is 30.3. The van der Waals surface area contributed by atoms with E-state index in [1.807, 2.05) is 0 Å². The van der Waals surface area contributed by atoms with E-state index in [0.717, 1.165) is 18.2 Å². The van der Waals surface area contributed by atoms with E-state index in [1.165, 1.54) is 6.33 Å². The van der Waals surface area contributed by atoms with Gasteiger partial charge in [-0.3, -0.25) is 4.79 Å². The van der Waals surface area contributed by atoms with E-state index in [1.54, 1.807) is 48.7 Å². The molecule has 0 radical (unpaired) electrons. The molecule has 0 amide bonds. The minimum Gasteiger partial charge on any atom is -0.454 e. The summed E-state index contributed by atoms with van der Waals surface area (Å²) in [5.74, 6) is 1.21. The molecule has 39 heavy (non-hydrogen) atoms. The Morgan fingerprint density at radius 3 is 2.87 bits per heavy atom. The highest BCUT2D eigenvalue weighted by molar-refractivity contribution is 6.35. The zero-order valence-electron chi connectivity index (χ0n) is 20.6. The Morgan fingerprint density at radius 2 is 2.10 bits per heavy atom. The number of aromatic nitrogens is 3. The van der Waals surface area contributed by atoms with Crippen LogP contribution < -0.4 is 10.1 Å². The van der Waals surface area contributed by atoms with Gasteiger partial charge in [0.15, 0.2) is 17.1 Å². The molecule has 4 heterocycles. The highest BCUT2D eigenvalue weighted by Crippen LogP contribution is 2.35. The predicted molar refractivity (Wildman–Crippen MR) is 143 cm³/mol. The standard InChI is InChI=1S/C28H24ClFN4O5/c29-22-9-17(38-23-3-1-2-15-8-19(10-30)39-26(15)23)6-7-20(22)25(36)21-11-31-27-24(21)28(33-14-32-27)34-16-4-5-18(12-35)37-13-16/h1-3,6-9,11,14,16,18,35H,4-5,10,12-13H2,(H2,31,32,33,34)/t16-,18+/m1/s1. The molecule has 6 rings (SSSR count). The Morgan fingerprint density at radius 1 is 1.21 bits per heavy atom. The molecule has 3 N–H and O–H groups in total. The Bertz CT molecular complexity index is 1660. The Kier molecular flexibility index (Phi) is 6.90. The number of hydrogen-bond acceptors (Lipinski definition) is 8. The van der Waals surface area contributed by atoms with Crippen molar-refractivity contribution < 1.29 is 28.2 Å². The lowest BCUT2D eigenvalue weighted by Crippen LogP contribution is -2.36. The van der Waals surface area contributed by atoms with Crippen LogP contribution in [0.4, 0.5) is 10.2 Å². The number of aliphatic hydroxyl groups excluding tert-OH is 1. The molecule has 3 aromatic heterocycles. The third-order valence-electron chi connectivity index (χ3n) is 6.73. The van der Waals surface area contributed by atoms with Crippen molar-refractivity contribution in [2.24, 2.45) is 0 Å². The summed E-state index contributed by atoms with van der Waals surface area (Å²) in [5.41, 5.74) is 1.58. The summed E-state index contributed by atoms with van der Waals surface area (Å²) in [7, 11) is 0. The number of hydrogen-bond donors (Lipinski definition) is 3. The number of rotatable bonds is 8. The van der Waals surface area contributed by atoms with Crippen LogP contribution >= 0.6 is 11.6 Å². The monoisotopic (exact) mass is 550 g/mol. The molecule has 5 aromatic rings. The van der Waals surface area contributed by atoms with E-state index in [2.05, 4.69) is 20.3 Å². The van der Waals surface area contributed by atoms with E-state index in [-0.39, 0.29) is 40.9 Å². The normalized spacial score (nSPS) is 17.5. The number of carbonyl (C=O) groups excluding carboxylic acids is 1. The van der Waals surface area contributed by atoms with Crippen molar-refractivity contribution in [3.05, 3.63) is 76.9 Å². The largest absolute Gasteiger partial charge is 0.454 e. The maximum atomic E-state index is 13.6. The Balaban J connectivity index is 1.26. The lowest BCUT2D eigenvalue weighted by molar-refractivity contribution is -0.0224. The van der Waals surface area contributed by atoms with Gasteiger partial charge in [0.2, 0.25) is 0 Å². The fourth-order valence-corrected chi connectivity index (χ4v) is 5.02. The molecular formula is C28H24ClFN4O5. The topological polar surface area (TPSA) is 123 Å². The first-order valence-electron chi connectivity index (χ1n) is 12.4. The maximum Gasteiger partial charge on any atom is 0.196 e. The van der Waals surface area contributed by atoms with Crippen LogP contribution in [0.3, 0.4) is 0 Å². The second kappa shape index (κ2) is 10.6. The van der Waals surface area contributed by atoms with E-state index >= 15 is 0 Å². The number of alkyl halides is 1. The predicted octanol–water partition coefficient (Wildman–Crippen LogP) is 5.80. The van der Waals surface area contributed by atoms with E-state index in [0.29, 0.717) is 46.1 Å². The summed E-state index contributed by atoms with van der Waals surface area (Å²) in [6.07, 6.45) is 4.36. The fourth-order valence-electron chi connectivity index (χ4n) is 4.76. The SMILES string of the molecule is O=C(c1ccc(Oc2cccc3cc(CF)oc23)cc1Cl)c1c[nH]c2ncnc(N[C@@H]3CC[C@@H](CO)OC3)c12. The van der Waals surface area contributed by atoms with Crippen LogP contribution in [0.5, 0.6) is 11.5 Å². The summed E-state index contributed by atoms with van der Waals surface area (Å²) in [4.78, 5) is 25.3. The van der Waals surface area contributed by atoms with Crippen LogP contribution in [0.25, 0.3) is 22.0 Å². The number of benzene rings is 2. The molecule has 1 aliphatic rings. The van der Waals surface area contributed by atoms with Crippen LogP contribution in [-0.2, 0) is 11.4 Å². The molecule has 9 nitrogen and oxygen atoms in total. The molecule has 1 aliphatic heterocycles. The molecule has 2 aromatic carbocycles. The zero-order chi connectivity index (χ0) is 26.9. The highest BCUT2D eigenvalue weighted by Gasteiger charge is 2.25. The van der Waals surface area contributed by atoms with Crippen molar-refractivity contribution in [1.29, 1.82) is 0 Å². The molecule has 0 saturated carbocycles. The first kappa shape index (κ1) is 25.3. The van der Waals surface area contributed by atoms with Gasteiger partial charge >= 0.3 is 0 Å². The Labute approximate surface area is 226 Å². The number of aromatic amines is 1. The van der Waals surface area contributed by atoms with Gasteiger partial charge < -0.3 is 29.3 Å². The van der Waals surface area contributed by atoms with Crippen LogP contribution in [-0.4, -0.2) is 51.2 Å². The molecule has 0 bridgehead atoms. The molecular weight excluding hydrogens is 527 g/mol. The smallest absolute Gasteiger partial charge is 0.196 e. The number of nitrogens with one attached hydrogen (secondary N) is 2. The maximum absolute atomic E-state index is 13.6. The van der Waals surface area contributed by atoms with Crippen LogP contribution in [0, 0.1) is 0 Å². The number of para-hydroxylation sites is 1. The fraction of sp³-hybridized carbons (Fsp3) is 0.250. The summed E-state index contributed by atoms with van der Waals surface area (Å²) in [5, 5.41) is 14.1. The van der Waals surface area contributed by atoms with Gasteiger partial charge in [-0.05, 0) is 37.1 Å². The number of ether oxygens (including phenoxy) is 2. The number of H-pyrrole nitrogens is 1. The average molecular weight is 551 g/mol. The van der Waals surface area contributed by atoms with Crippen molar-refractivity contribution in [3.63, 3.8) is 0 Å². The van der Waals surface area contributed by atoms with Crippen molar-refractivity contribution in [2.75, 3.05) is 18.5 Å². The number of anilines is 1. The number of halogens is 2. The molecule has 1 saturated heterocycles. The average Bonchev–Trinajstić information content (AvgIpc) is 3.59. The lowest BCUT2D eigenvalue weighted by atomic mass is 10.0. The van der Waals surface area contributed by atoms with Crippen LogP contribution in [0.1, 0.15) is 34.5 Å². The van der Waals surface area contributed by atoms with Gasteiger partial charge in [0, 0.05) is 23.2 Å². The summed E-state index contributed by atoms with van der Waals surface area (Å²) in [6.45, 7) is -0.311. The van der Waals surface area contributed by atoms with Crippen molar-refractivity contribution in [3.8, 4) is 11.5 Å². The lowest BCUT2D eigenvalue weighted by Gasteiger charge is -2.29. The summed E-state index contributed by atoms with van der Waals surface area (Å²) >= 11 is 6.56. The molecule has 11 heteroatoms. The van der Waals surface area contributed by atoms with Gasteiger partial charge in [-0.25, -0.2) is 14.4 Å². The Hall–Kier alpha value is -3.99. The van der Waals surface area contributed by atoms with E-state index in [9.17, 15) is 14.3 Å². The number of nitrogens with zero attached hydrogens (tertiary/aromatic N) is 2. The van der Waals surface area contributed by atoms with Crippen LogP contribution in [0.15, 0.2) is 59.4 Å². The summed E-state index contributed by atoms with van der Waals surface area (Å²) in [6, 6.07) is 11.7. The van der Waals surface area contributed by atoms with E-state index in [4.69, 9.17) is 25.5 Å². The number of fused-ring (bicyclic) bond motifs is 2. The second-order valence-corrected chi connectivity index (χ2v) is 9.71. The van der Waals surface area contributed by atoms with Gasteiger partial charge in [0.1, 0.15) is 36.0 Å². The molecule has 2 atom stereocenters. The molecule has 1 fully saturated rings. The van der Waals surface area contributed by atoms with Crippen LogP contribution in [0.2, 0.25) is 5.02 Å². The van der Waals surface area contributed by atoms with Gasteiger partial charge in [-0.1, -0.05) is 23.7 Å². The molecule has 0 aliphatic carbocycles. The third kappa shape index (κ3) is 4.94. The van der Waals surface area contributed by atoms with Crippen molar-refractivity contribution in [1.82, 2.24) is 15.0 Å². The first-order chi connectivity index (χ1) is 19.0. The van der Waals surface area contributed by atoms with E-state index < -0.39 is 6.67 Å². The van der Waals surface area contributed by atoms with Gasteiger partial charge in [-0.2, -0.15) is 0 Å². The first-order valence-corrected chi connectivity index (χ1v) is 12.8. The minimum absolute atomic E-state index is 0.00979. The van der Waals surface area contributed by atoms with Crippen molar-refractivity contribution in [2.45, 2.75) is 31.7 Å². The third-order valence-corrected chi connectivity index (χ3v) is 7.05.